The summed E-state index contributed by atoms with van der Waals surface area (Å²) in [6.07, 6.45) is -1.95. The van der Waals surface area contributed by atoms with Crippen molar-refractivity contribution in [3.05, 3.63) is 0 Å². The van der Waals surface area contributed by atoms with E-state index >= 15 is 0 Å². The highest BCUT2D eigenvalue weighted by Gasteiger charge is 2.37. The van der Waals surface area contributed by atoms with Gasteiger partial charge in [-0.2, -0.15) is 13.2 Å². The Bertz CT molecular complexity index is 297. The summed E-state index contributed by atoms with van der Waals surface area (Å²) in [6, 6.07) is 0. The van der Waals surface area contributed by atoms with Crippen LogP contribution in [0.25, 0.3) is 0 Å². The van der Waals surface area contributed by atoms with Crippen LogP contribution < -0.4 is 11.1 Å². The Morgan fingerprint density at radius 2 is 2.22 bits per heavy atom. The van der Waals surface area contributed by atoms with Crippen molar-refractivity contribution in [1.82, 2.24) is 5.32 Å². The maximum absolute atomic E-state index is 11.9. The van der Waals surface area contributed by atoms with E-state index in [2.05, 4.69) is 6.92 Å². The van der Waals surface area contributed by atoms with E-state index in [9.17, 15) is 18.0 Å². The highest BCUT2D eigenvalue weighted by atomic mass is 19.4. The number of ether oxygens (including phenoxy) is 1. The van der Waals surface area contributed by atoms with Gasteiger partial charge in [0.05, 0.1) is 5.60 Å². The Hall–Kier alpha value is -0.820. The van der Waals surface area contributed by atoms with Crippen molar-refractivity contribution in [2.45, 2.75) is 38.0 Å². The molecule has 0 heterocycles. The Kier molecular flexibility index (Phi) is 4.98. The molecule has 1 aliphatic carbocycles. The third kappa shape index (κ3) is 4.81. The zero-order valence-corrected chi connectivity index (χ0v) is 10.3. The summed E-state index contributed by atoms with van der Waals surface area (Å²) >= 11 is 0. The second-order valence-corrected chi connectivity index (χ2v) is 4.92. The molecule has 1 rings (SSSR count). The van der Waals surface area contributed by atoms with Gasteiger partial charge in [0.25, 0.3) is 0 Å². The third-order valence-electron chi connectivity index (χ3n) is 3.18. The number of carbonyl (C=O) groups excluding carboxylic acids is 1. The Balaban J connectivity index is 2.33. The molecule has 3 N–H and O–H groups in total. The quantitative estimate of drug-likeness (QED) is 0.787. The largest absolute Gasteiger partial charge is 0.405 e. The van der Waals surface area contributed by atoms with E-state index in [0.717, 1.165) is 19.3 Å². The molecule has 4 nitrogen and oxygen atoms in total. The van der Waals surface area contributed by atoms with Gasteiger partial charge >= 0.3 is 6.18 Å². The molecule has 2 unspecified atom stereocenters. The number of nitrogens with two attached hydrogens (primary N) is 1. The first-order chi connectivity index (χ1) is 8.26. The van der Waals surface area contributed by atoms with Crippen molar-refractivity contribution in [3.8, 4) is 0 Å². The van der Waals surface area contributed by atoms with E-state index in [1.165, 1.54) is 0 Å². The lowest BCUT2D eigenvalue weighted by Crippen LogP contribution is -2.43. The summed E-state index contributed by atoms with van der Waals surface area (Å²) in [7, 11) is 0. The van der Waals surface area contributed by atoms with Crippen LogP contribution in [0.15, 0.2) is 0 Å². The van der Waals surface area contributed by atoms with Gasteiger partial charge in [0.15, 0.2) is 0 Å². The Labute approximate surface area is 104 Å². The number of rotatable bonds is 5. The smallest absolute Gasteiger partial charge is 0.364 e. The van der Waals surface area contributed by atoms with Gasteiger partial charge < -0.3 is 15.8 Å². The van der Waals surface area contributed by atoms with Gasteiger partial charge in [0.1, 0.15) is 13.2 Å². The molecule has 0 aromatic heterocycles. The number of carbonyl (C=O) groups is 1. The number of halogens is 3. The fourth-order valence-electron chi connectivity index (χ4n) is 2.19. The molecule has 7 heteroatoms. The summed E-state index contributed by atoms with van der Waals surface area (Å²) in [6.45, 7) is 0.635. The minimum atomic E-state index is -4.40. The maximum atomic E-state index is 11.9. The van der Waals surface area contributed by atoms with Crippen LogP contribution in [0.2, 0.25) is 0 Å². The first-order valence-electron chi connectivity index (χ1n) is 5.94. The van der Waals surface area contributed by atoms with Crippen LogP contribution in [0.5, 0.6) is 0 Å². The van der Waals surface area contributed by atoms with E-state index in [1.54, 1.807) is 5.32 Å². The van der Waals surface area contributed by atoms with Crippen LogP contribution in [0.3, 0.4) is 0 Å². The molecule has 18 heavy (non-hydrogen) atoms. The molecule has 0 aliphatic heterocycles. The molecular formula is C11H19F3N2O2. The fraction of sp³-hybridized carbons (Fsp3) is 0.909. The predicted molar refractivity (Wildman–Crippen MR) is 59.8 cm³/mol. The first kappa shape index (κ1) is 15.2. The molecule has 0 aromatic rings. The van der Waals surface area contributed by atoms with E-state index in [-0.39, 0.29) is 13.2 Å². The average molecular weight is 268 g/mol. The van der Waals surface area contributed by atoms with Crippen molar-refractivity contribution in [2.24, 2.45) is 11.7 Å². The van der Waals surface area contributed by atoms with Crippen LogP contribution in [0.1, 0.15) is 26.2 Å². The van der Waals surface area contributed by atoms with E-state index in [0.29, 0.717) is 5.92 Å². The molecule has 1 saturated carbocycles. The highest BCUT2D eigenvalue weighted by molar-refractivity contribution is 5.77. The molecule has 0 saturated heterocycles. The number of hydrogen-bond donors (Lipinski definition) is 2. The van der Waals surface area contributed by atoms with Gasteiger partial charge in [-0.3, -0.25) is 4.79 Å². The lowest BCUT2D eigenvalue weighted by molar-refractivity contribution is -0.145. The van der Waals surface area contributed by atoms with E-state index in [1.807, 2.05) is 0 Å². The average Bonchev–Trinajstić information content (AvgIpc) is 2.65. The normalized spacial score (nSPS) is 28.4. The zero-order chi connectivity index (χ0) is 13.8. The topological polar surface area (TPSA) is 64.3 Å². The van der Waals surface area contributed by atoms with Gasteiger partial charge in [-0.05, 0) is 25.2 Å². The molecule has 1 fully saturated rings. The van der Waals surface area contributed by atoms with Crippen molar-refractivity contribution < 1.29 is 22.7 Å². The minimum absolute atomic E-state index is 0.282. The number of hydrogen-bond acceptors (Lipinski definition) is 3. The fourth-order valence-corrected chi connectivity index (χ4v) is 2.19. The first-order valence-corrected chi connectivity index (χ1v) is 5.94. The SMILES string of the molecule is CC1CCC(CN)(OCC(=O)NCC(F)(F)F)C1. The van der Waals surface area contributed by atoms with E-state index < -0.39 is 24.2 Å². The standard InChI is InChI=1S/C11H19F3N2O2/c1-8-2-3-10(4-8,6-15)18-5-9(17)16-7-11(12,13)14/h8H,2-7,15H2,1H3,(H,16,17). The van der Waals surface area contributed by atoms with Crippen LogP contribution in [0.4, 0.5) is 13.2 Å². The van der Waals surface area contributed by atoms with Gasteiger partial charge in [-0.25, -0.2) is 0 Å². The summed E-state index contributed by atoms with van der Waals surface area (Å²) in [5.74, 6) is -0.300. The molecule has 0 bridgehead atoms. The molecule has 1 amide bonds. The van der Waals surface area contributed by atoms with Crippen molar-refractivity contribution in [2.75, 3.05) is 19.7 Å². The lowest BCUT2D eigenvalue weighted by Gasteiger charge is -2.27. The van der Waals surface area contributed by atoms with E-state index in [4.69, 9.17) is 10.5 Å². The van der Waals surface area contributed by atoms with Crippen LogP contribution >= 0.6 is 0 Å². The molecule has 0 radical (unpaired) electrons. The van der Waals surface area contributed by atoms with Crippen molar-refractivity contribution in [3.63, 3.8) is 0 Å². The third-order valence-corrected chi connectivity index (χ3v) is 3.18. The maximum Gasteiger partial charge on any atom is 0.405 e. The second-order valence-electron chi connectivity index (χ2n) is 4.92. The van der Waals surface area contributed by atoms with Crippen LogP contribution in [0, 0.1) is 5.92 Å². The number of nitrogens with one attached hydrogen (secondary N) is 1. The summed E-state index contributed by atoms with van der Waals surface area (Å²) in [5, 5.41) is 1.77. The van der Waals surface area contributed by atoms with Gasteiger partial charge in [0.2, 0.25) is 5.91 Å². The molecule has 0 aromatic carbocycles. The second kappa shape index (κ2) is 5.88. The van der Waals surface area contributed by atoms with Gasteiger partial charge in [-0.15, -0.1) is 0 Å². The predicted octanol–water partition coefficient (Wildman–Crippen LogP) is 1.20. The highest BCUT2D eigenvalue weighted by Crippen LogP contribution is 2.36. The number of amides is 1. The minimum Gasteiger partial charge on any atom is -0.364 e. The molecule has 0 spiro atoms. The van der Waals surface area contributed by atoms with Crippen LogP contribution in [-0.4, -0.2) is 37.4 Å². The van der Waals surface area contributed by atoms with Crippen molar-refractivity contribution in [1.29, 1.82) is 0 Å². The molecule has 106 valence electrons. The summed E-state index contributed by atoms with van der Waals surface area (Å²) in [5.41, 5.74) is 5.08. The van der Waals surface area contributed by atoms with Gasteiger partial charge in [0, 0.05) is 6.54 Å². The lowest BCUT2D eigenvalue weighted by atomic mass is 10.0. The summed E-state index contributed by atoms with van der Waals surface area (Å²) in [4.78, 5) is 11.2. The molecule has 2 atom stereocenters. The Morgan fingerprint density at radius 1 is 1.56 bits per heavy atom. The van der Waals surface area contributed by atoms with Crippen LogP contribution in [-0.2, 0) is 9.53 Å². The number of alkyl halides is 3. The monoisotopic (exact) mass is 268 g/mol. The zero-order valence-electron chi connectivity index (χ0n) is 10.3. The Morgan fingerprint density at radius 3 is 2.67 bits per heavy atom. The van der Waals surface area contributed by atoms with Gasteiger partial charge in [-0.1, -0.05) is 6.92 Å². The summed E-state index contributed by atoms with van der Waals surface area (Å²) < 4.78 is 41.1. The molecule has 1 aliphatic rings. The van der Waals surface area contributed by atoms with Crippen molar-refractivity contribution >= 4 is 5.91 Å². The molecular weight excluding hydrogens is 249 g/mol.